The number of phenolic OH excluding ortho intramolecular Hbond substituents is 1. The highest BCUT2D eigenvalue weighted by molar-refractivity contribution is 6.32. The number of ketones is 4. The summed E-state index contributed by atoms with van der Waals surface area (Å²) in [6, 6.07) is 0.747. The molecule has 3 aliphatic rings. The van der Waals surface area contributed by atoms with Crippen molar-refractivity contribution in [2.24, 2.45) is 29.4 Å². The van der Waals surface area contributed by atoms with Crippen LogP contribution in [-0.2, 0) is 19.2 Å². The normalized spacial score (nSPS) is 33.7. The summed E-state index contributed by atoms with van der Waals surface area (Å²) >= 11 is 0. The predicted octanol–water partition coefficient (Wildman–Crippen LogP) is -0.681. The Bertz CT molecular complexity index is 1350. The minimum absolute atomic E-state index is 0.124. The summed E-state index contributed by atoms with van der Waals surface area (Å²) in [6.45, 7) is 6.83. The summed E-state index contributed by atoms with van der Waals surface area (Å²) in [4.78, 5) is 80.2. The SMILES string of the molecule is C[C@H]1c2ccc(NC(=O)NC(C)(C)C)c(O)c2C(=O)C2C(=O)[C@]3(O)C(=O)C(C(N)=O)C(=O)C(N(C)C)[C@@H]3[C@@H](O)[C@@H]21. The van der Waals surface area contributed by atoms with Gasteiger partial charge < -0.3 is 31.7 Å². The predicted molar refractivity (Wildman–Crippen MR) is 139 cm³/mol. The van der Waals surface area contributed by atoms with Crippen LogP contribution in [0.2, 0.25) is 0 Å². The van der Waals surface area contributed by atoms with Crippen LogP contribution < -0.4 is 16.4 Å². The topological polar surface area (TPSA) is 216 Å². The van der Waals surface area contributed by atoms with Gasteiger partial charge in [-0.15, -0.1) is 0 Å². The quantitative estimate of drug-likeness (QED) is 0.203. The van der Waals surface area contributed by atoms with E-state index in [4.69, 9.17) is 5.73 Å². The molecule has 3 amide bonds. The van der Waals surface area contributed by atoms with Crippen LogP contribution in [0.4, 0.5) is 10.5 Å². The van der Waals surface area contributed by atoms with Gasteiger partial charge in [-0.05, 0) is 52.4 Å². The summed E-state index contributed by atoms with van der Waals surface area (Å²) in [6.07, 6.45) is -1.72. The molecule has 7 N–H and O–H groups in total. The van der Waals surface area contributed by atoms with Crippen LogP contribution in [0.3, 0.4) is 0 Å². The van der Waals surface area contributed by atoms with Crippen LogP contribution >= 0.6 is 0 Å². The number of aliphatic hydroxyl groups excluding tert-OH is 1. The maximum absolute atomic E-state index is 14.0. The van der Waals surface area contributed by atoms with Crippen molar-refractivity contribution in [3.05, 3.63) is 23.3 Å². The van der Waals surface area contributed by atoms with E-state index < -0.39 is 93.7 Å². The Balaban J connectivity index is 1.85. The monoisotopic (exact) mass is 558 g/mol. The lowest BCUT2D eigenvalue weighted by atomic mass is 9.49. The fourth-order valence-electron chi connectivity index (χ4n) is 6.58. The van der Waals surface area contributed by atoms with Gasteiger partial charge in [0.1, 0.15) is 5.75 Å². The third kappa shape index (κ3) is 4.11. The third-order valence-electron chi connectivity index (χ3n) is 8.23. The molecule has 0 heterocycles. The van der Waals surface area contributed by atoms with Gasteiger partial charge in [-0.1, -0.05) is 13.0 Å². The summed E-state index contributed by atoms with van der Waals surface area (Å²) in [5.41, 5.74) is 1.46. The number of carbonyl (C=O) groups excluding carboxylic acids is 6. The number of Topliss-reactive ketones (excluding diaryl/α,β-unsaturated/α-hetero) is 4. The number of phenols is 1. The van der Waals surface area contributed by atoms with Crippen molar-refractivity contribution in [2.45, 2.75) is 56.9 Å². The Morgan fingerprint density at radius 1 is 1.07 bits per heavy atom. The number of hydrogen-bond donors (Lipinski definition) is 6. The lowest BCUT2D eigenvalue weighted by Crippen LogP contribution is -2.77. The Morgan fingerprint density at radius 3 is 2.20 bits per heavy atom. The van der Waals surface area contributed by atoms with Gasteiger partial charge in [-0.2, -0.15) is 0 Å². The molecule has 0 bridgehead atoms. The van der Waals surface area contributed by atoms with Gasteiger partial charge in [0.25, 0.3) is 0 Å². The number of amides is 3. The van der Waals surface area contributed by atoms with Crippen molar-refractivity contribution < 1.29 is 44.1 Å². The van der Waals surface area contributed by atoms with E-state index in [2.05, 4.69) is 10.6 Å². The highest BCUT2D eigenvalue weighted by Gasteiger charge is 2.72. The van der Waals surface area contributed by atoms with E-state index in [0.717, 1.165) is 0 Å². The Labute approximate surface area is 230 Å². The van der Waals surface area contributed by atoms with Crippen molar-refractivity contribution >= 4 is 40.8 Å². The molecule has 0 saturated heterocycles. The van der Waals surface area contributed by atoms with E-state index in [1.807, 2.05) is 0 Å². The van der Waals surface area contributed by atoms with Crippen LogP contribution in [0.25, 0.3) is 0 Å². The highest BCUT2D eigenvalue weighted by atomic mass is 16.3. The van der Waals surface area contributed by atoms with Crippen molar-refractivity contribution in [3.8, 4) is 5.75 Å². The lowest BCUT2D eigenvalue weighted by molar-refractivity contribution is -0.196. The Morgan fingerprint density at radius 2 is 1.68 bits per heavy atom. The molecule has 13 nitrogen and oxygen atoms in total. The van der Waals surface area contributed by atoms with Gasteiger partial charge in [0.05, 0.1) is 35.2 Å². The number of primary amides is 1. The van der Waals surface area contributed by atoms with Crippen molar-refractivity contribution in [1.82, 2.24) is 10.2 Å². The second-order valence-corrected chi connectivity index (χ2v) is 12.1. The van der Waals surface area contributed by atoms with Crippen LogP contribution in [0.1, 0.15) is 49.5 Å². The molecule has 3 aliphatic carbocycles. The van der Waals surface area contributed by atoms with Crippen LogP contribution in [0.15, 0.2) is 12.1 Å². The smallest absolute Gasteiger partial charge is 0.319 e. The molecule has 1 aromatic carbocycles. The number of rotatable bonds is 3. The molecular weight excluding hydrogens is 524 g/mol. The Kier molecular flexibility index (Phi) is 6.93. The van der Waals surface area contributed by atoms with Crippen molar-refractivity contribution in [2.75, 3.05) is 19.4 Å². The number of fused-ring (bicyclic) bond motifs is 3. The molecule has 0 aliphatic heterocycles. The number of hydrogen-bond acceptors (Lipinski definition) is 10. The molecule has 2 fully saturated rings. The number of aromatic hydroxyl groups is 1. The Hall–Kier alpha value is -3.68. The van der Waals surface area contributed by atoms with Crippen LogP contribution in [0, 0.1) is 23.7 Å². The third-order valence-corrected chi connectivity index (χ3v) is 8.23. The number of benzene rings is 1. The molecule has 3 unspecified atom stereocenters. The number of likely N-dealkylation sites (N-methyl/N-ethyl adjacent to an activating group) is 1. The summed E-state index contributed by atoms with van der Waals surface area (Å²) in [5, 5.41) is 39.4. The van der Waals surface area contributed by atoms with E-state index in [9.17, 15) is 44.1 Å². The van der Waals surface area contributed by atoms with E-state index >= 15 is 0 Å². The summed E-state index contributed by atoms with van der Waals surface area (Å²) < 4.78 is 0. The zero-order chi connectivity index (χ0) is 30.2. The first-order valence-corrected chi connectivity index (χ1v) is 12.8. The first kappa shape index (κ1) is 29.3. The summed E-state index contributed by atoms with van der Waals surface area (Å²) in [7, 11) is 2.85. The van der Waals surface area contributed by atoms with Gasteiger partial charge in [0, 0.05) is 11.5 Å². The minimum atomic E-state index is -3.08. The number of nitrogens with zero attached hydrogens (tertiary/aromatic N) is 1. The van der Waals surface area contributed by atoms with E-state index in [1.165, 1.54) is 31.1 Å². The number of anilines is 1. The second-order valence-electron chi connectivity index (χ2n) is 12.1. The highest BCUT2D eigenvalue weighted by Crippen LogP contribution is 2.55. The first-order valence-electron chi connectivity index (χ1n) is 12.8. The van der Waals surface area contributed by atoms with Crippen molar-refractivity contribution in [1.29, 1.82) is 0 Å². The second kappa shape index (κ2) is 9.46. The van der Waals surface area contributed by atoms with Crippen LogP contribution in [-0.4, -0.2) is 92.7 Å². The molecule has 4 rings (SSSR count). The maximum atomic E-state index is 14.0. The van der Waals surface area contributed by atoms with Gasteiger partial charge in [-0.3, -0.25) is 28.9 Å². The molecule has 2 saturated carbocycles. The fraction of sp³-hybridized carbons (Fsp3) is 0.556. The molecule has 1 aromatic rings. The number of nitrogens with two attached hydrogens (primary N) is 1. The average Bonchev–Trinajstić information content (AvgIpc) is 2.81. The van der Waals surface area contributed by atoms with Crippen LogP contribution in [0.5, 0.6) is 5.75 Å². The van der Waals surface area contributed by atoms with E-state index in [-0.39, 0.29) is 16.8 Å². The largest absolute Gasteiger partial charge is 0.505 e. The molecular formula is C27H34N4O9. The van der Waals surface area contributed by atoms with Gasteiger partial charge >= 0.3 is 6.03 Å². The molecule has 13 heteroatoms. The summed E-state index contributed by atoms with van der Waals surface area (Å²) in [5.74, 6) is -14.3. The van der Waals surface area contributed by atoms with Gasteiger partial charge in [-0.25, -0.2) is 4.79 Å². The average molecular weight is 559 g/mol. The number of urea groups is 1. The molecule has 216 valence electrons. The number of carbonyl (C=O) groups is 6. The lowest BCUT2D eigenvalue weighted by Gasteiger charge is -2.56. The van der Waals surface area contributed by atoms with E-state index in [0.29, 0.717) is 0 Å². The van der Waals surface area contributed by atoms with E-state index in [1.54, 1.807) is 27.7 Å². The first-order chi connectivity index (χ1) is 18.4. The maximum Gasteiger partial charge on any atom is 0.319 e. The molecule has 0 aromatic heterocycles. The zero-order valence-electron chi connectivity index (χ0n) is 23.0. The van der Waals surface area contributed by atoms with Gasteiger partial charge in [0.2, 0.25) is 5.91 Å². The minimum Gasteiger partial charge on any atom is -0.505 e. The van der Waals surface area contributed by atoms with Crippen molar-refractivity contribution in [3.63, 3.8) is 0 Å². The molecule has 8 atom stereocenters. The molecule has 0 spiro atoms. The zero-order valence-corrected chi connectivity index (χ0v) is 23.0. The van der Waals surface area contributed by atoms with Gasteiger partial charge in [0.15, 0.2) is 34.7 Å². The molecule has 40 heavy (non-hydrogen) atoms. The standard InChI is InChI=1S/C27H34N4O9/c1-9-10-7-8-11(29-25(39)30-26(2,3)4)18(32)13(10)19(33)14-12(9)20(34)16-17(31(5)6)21(35)15(24(28)38)23(37)27(16,40)22(14)36/h7-9,12,14-17,20,32,34,40H,1-6H3,(H2,28,38)(H2,29,30,39)/t9-,12+,14?,15?,16+,17?,20-,27-/m0/s1. The number of aliphatic hydroxyl groups is 2. The number of nitrogens with one attached hydrogen (secondary N) is 2. The fourth-order valence-corrected chi connectivity index (χ4v) is 6.58. The molecule has 0 radical (unpaired) electrons.